The van der Waals surface area contributed by atoms with Crippen molar-refractivity contribution < 1.29 is 5.11 Å². The second kappa shape index (κ2) is 5.00. The van der Waals surface area contributed by atoms with Gasteiger partial charge in [-0.2, -0.15) is 0 Å². The van der Waals surface area contributed by atoms with E-state index in [1.807, 2.05) is 55.5 Å². The van der Waals surface area contributed by atoms with Crippen LogP contribution in [-0.2, 0) is 0 Å². The van der Waals surface area contributed by atoms with Gasteiger partial charge in [0.1, 0.15) is 11.4 Å². The average molecular weight is 308 g/mol. The van der Waals surface area contributed by atoms with Crippen LogP contribution in [0.3, 0.4) is 0 Å². The number of imidazole rings is 1. The molecule has 0 aliphatic carbocycles. The Kier molecular flexibility index (Phi) is 3.10. The highest BCUT2D eigenvalue weighted by molar-refractivity contribution is 8.08. The lowest BCUT2D eigenvalue weighted by Crippen LogP contribution is -2.25. The van der Waals surface area contributed by atoms with Crippen LogP contribution in [-0.4, -0.2) is 20.7 Å². The number of hydrogen-bond acceptors (Lipinski definition) is 3. The van der Waals surface area contributed by atoms with Crippen LogP contribution in [0.4, 0.5) is 0 Å². The van der Waals surface area contributed by atoms with Crippen molar-refractivity contribution >= 4 is 27.7 Å². The summed E-state index contributed by atoms with van der Waals surface area (Å²) in [4.78, 5) is 9.08. The molecule has 2 heterocycles. The first-order chi connectivity index (χ1) is 10.6. The first-order valence-corrected chi connectivity index (χ1v) is 8.13. The molecule has 3 aromatic rings. The molecule has 1 aliphatic rings. The van der Waals surface area contributed by atoms with Gasteiger partial charge in [0.2, 0.25) is 0 Å². The third-order valence-corrected chi connectivity index (χ3v) is 5.46. The molecule has 0 saturated carbocycles. The summed E-state index contributed by atoms with van der Waals surface area (Å²) in [5.41, 5.74) is 2.14. The van der Waals surface area contributed by atoms with Crippen LogP contribution >= 0.6 is 11.8 Å². The number of aromatic amines is 1. The quantitative estimate of drug-likeness (QED) is 0.748. The van der Waals surface area contributed by atoms with E-state index in [1.54, 1.807) is 11.8 Å². The van der Waals surface area contributed by atoms with E-state index in [1.165, 1.54) is 0 Å². The Balaban J connectivity index is 1.72. The number of fused-ring (bicyclic) bond motifs is 1. The van der Waals surface area contributed by atoms with Gasteiger partial charge in [-0.15, -0.1) is 11.8 Å². The minimum atomic E-state index is -0.927. The van der Waals surface area contributed by atoms with E-state index in [4.69, 9.17) is 0 Å². The highest BCUT2D eigenvalue weighted by Crippen LogP contribution is 2.52. The van der Waals surface area contributed by atoms with Crippen LogP contribution in [0, 0.1) is 0 Å². The molecular weight excluding hydrogens is 292 g/mol. The van der Waals surface area contributed by atoms with Crippen molar-refractivity contribution in [1.29, 1.82) is 0 Å². The molecule has 22 heavy (non-hydrogen) atoms. The average Bonchev–Trinajstić information content (AvgIpc) is 3.08. The van der Waals surface area contributed by atoms with Crippen molar-refractivity contribution in [2.45, 2.75) is 17.8 Å². The van der Waals surface area contributed by atoms with Gasteiger partial charge in [-0.25, -0.2) is 4.98 Å². The van der Waals surface area contributed by atoms with Gasteiger partial charge in [0.15, 0.2) is 0 Å². The molecule has 2 N–H and O–H groups in total. The molecule has 2 aromatic carbocycles. The van der Waals surface area contributed by atoms with Crippen LogP contribution < -0.4 is 0 Å². The second-order valence-corrected chi connectivity index (χ2v) is 6.88. The summed E-state index contributed by atoms with van der Waals surface area (Å²) in [6.45, 7) is 1.84. The SMILES string of the molecule is C[C@]1(O)C=C(c2ccccc2)S[C@H]1c1nc2ccccc2[nH]1. The first kappa shape index (κ1) is 13.6. The highest BCUT2D eigenvalue weighted by Gasteiger charge is 2.40. The van der Waals surface area contributed by atoms with Gasteiger partial charge in [0, 0.05) is 4.91 Å². The number of aliphatic hydroxyl groups is 1. The van der Waals surface area contributed by atoms with Gasteiger partial charge >= 0.3 is 0 Å². The van der Waals surface area contributed by atoms with Gasteiger partial charge in [0.25, 0.3) is 0 Å². The lowest BCUT2D eigenvalue weighted by Gasteiger charge is -2.21. The number of nitrogens with one attached hydrogen (secondary N) is 1. The normalized spacial score (nSPS) is 24.6. The second-order valence-electron chi connectivity index (χ2n) is 5.74. The number of benzene rings is 2. The Hall–Kier alpha value is -2.04. The summed E-state index contributed by atoms with van der Waals surface area (Å²) in [6.07, 6.45) is 1.94. The van der Waals surface area contributed by atoms with Crippen LogP contribution in [0.5, 0.6) is 0 Å². The molecule has 0 spiro atoms. The van der Waals surface area contributed by atoms with E-state index in [0.29, 0.717) is 0 Å². The van der Waals surface area contributed by atoms with Crippen LogP contribution in [0.1, 0.15) is 23.6 Å². The summed E-state index contributed by atoms with van der Waals surface area (Å²) in [5, 5.41) is 10.7. The molecule has 110 valence electrons. The predicted molar refractivity (Wildman–Crippen MR) is 91.5 cm³/mol. The van der Waals surface area contributed by atoms with Crippen LogP contribution in [0.25, 0.3) is 15.9 Å². The lowest BCUT2D eigenvalue weighted by atomic mass is 10.00. The molecule has 4 rings (SSSR count). The molecule has 0 bridgehead atoms. The summed E-state index contributed by atoms with van der Waals surface area (Å²) in [6, 6.07) is 18.1. The molecule has 2 atom stereocenters. The number of H-pyrrole nitrogens is 1. The smallest absolute Gasteiger partial charge is 0.124 e. The third kappa shape index (κ3) is 2.25. The van der Waals surface area contributed by atoms with Crippen LogP contribution in [0.2, 0.25) is 0 Å². The Morgan fingerprint density at radius 1 is 1.09 bits per heavy atom. The van der Waals surface area contributed by atoms with Crippen molar-refractivity contribution in [3.63, 3.8) is 0 Å². The summed E-state index contributed by atoms with van der Waals surface area (Å²) < 4.78 is 0. The molecule has 0 saturated heterocycles. The number of thioether (sulfide) groups is 1. The van der Waals surface area contributed by atoms with E-state index in [2.05, 4.69) is 22.1 Å². The largest absolute Gasteiger partial charge is 0.384 e. The van der Waals surface area contributed by atoms with Crippen molar-refractivity contribution in [2.75, 3.05) is 0 Å². The molecular formula is C18H16N2OS. The number of aromatic nitrogens is 2. The van der Waals surface area contributed by atoms with Crippen molar-refractivity contribution in [1.82, 2.24) is 9.97 Å². The standard InChI is InChI=1S/C18H16N2OS/c1-18(21)11-15(12-7-3-2-4-8-12)22-16(18)17-19-13-9-5-6-10-14(13)20-17/h2-11,16,21H,1H3,(H,19,20)/t16-,18-/m0/s1. The minimum Gasteiger partial charge on any atom is -0.384 e. The zero-order valence-corrected chi connectivity index (χ0v) is 13.0. The summed E-state index contributed by atoms with van der Waals surface area (Å²) in [7, 11) is 0. The van der Waals surface area contributed by atoms with Crippen molar-refractivity contribution in [2.24, 2.45) is 0 Å². The number of rotatable bonds is 2. The summed E-state index contributed by atoms with van der Waals surface area (Å²) >= 11 is 1.66. The Morgan fingerprint density at radius 3 is 2.59 bits per heavy atom. The maximum atomic E-state index is 10.8. The topological polar surface area (TPSA) is 48.9 Å². The fraction of sp³-hybridized carbons (Fsp3) is 0.167. The van der Waals surface area contributed by atoms with Gasteiger partial charge < -0.3 is 10.1 Å². The maximum absolute atomic E-state index is 10.8. The zero-order valence-electron chi connectivity index (χ0n) is 12.2. The molecule has 1 aliphatic heterocycles. The molecule has 0 radical (unpaired) electrons. The Bertz CT molecular complexity index is 819. The zero-order chi connectivity index (χ0) is 15.2. The van der Waals surface area contributed by atoms with Gasteiger partial charge in [-0.3, -0.25) is 0 Å². The fourth-order valence-electron chi connectivity index (χ4n) is 2.80. The molecule has 3 nitrogen and oxygen atoms in total. The molecule has 1 aromatic heterocycles. The first-order valence-electron chi connectivity index (χ1n) is 7.25. The van der Waals surface area contributed by atoms with E-state index in [-0.39, 0.29) is 5.25 Å². The molecule has 4 heteroatoms. The Labute approximate surface area is 133 Å². The van der Waals surface area contributed by atoms with Crippen LogP contribution in [0.15, 0.2) is 60.7 Å². The predicted octanol–water partition coefficient (Wildman–Crippen LogP) is 4.14. The fourth-order valence-corrected chi connectivity index (χ4v) is 4.17. The highest BCUT2D eigenvalue weighted by atomic mass is 32.2. The van der Waals surface area contributed by atoms with Gasteiger partial charge in [-0.1, -0.05) is 42.5 Å². The monoisotopic (exact) mass is 308 g/mol. The van der Waals surface area contributed by atoms with Gasteiger partial charge in [-0.05, 0) is 30.7 Å². The minimum absolute atomic E-state index is 0.130. The third-order valence-electron chi connectivity index (χ3n) is 3.91. The summed E-state index contributed by atoms with van der Waals surface area (Å²) in [5.74, 6) is 0.818. The molecule has 0 fully saturated rings. The maximum Gasteiger partial charge on any atom is 0.124 e. The van der Waals surface area contributed by atoms with E-state index < -0.39 is 5.60 Å². The Morgan fingerprint density at radius 2 is 1.82 bits per heavy atom. The number of hydrogen-bond donors (Lipinski definition) is 2. The molecule has 0 unspecified atom stereocenters. The molecule has 0 amide bonds. The van der Waals surface area contributed by atoms with E-state index in [0.717, 1.165) is 27.3 Å². The van der Waals surface area contributed by atoms with E-state index in [9.17, 15) is 5.11 Å². The number of para-hydroxylation sites is 2. The van der Waals surface area contributed by atoms with Crippen molar-refractivity contribution in [3.8, 4) is 0 Å². The van der Waals surface area contributed by atoms with Crippen molar-refractivity contribution in [3.05, 3.63) is 72.1 Å². The van der Waals surface area contributed by atoms with E-state index >= 15 is 0 Å². The van der Waals surface area contributed by atoms with Gasteiger partial charge in [0.05, 0.1) is 16.3 Å². The lowest BCUT2D eigenvalue weighted by molar-refractivity contribution is 0.110. The number of nitrogens with zero attached hydrogens (tertiary/aromatic N) is 1.